The molecular weight excluding hydrogens is 394 g/mol. The molecule has 0 heterocycles. The summed E-state index contributed by atoms with van der Waals surface area (Å²) in [6, 6.07) is 0. The van der Waals surface area contributed by atoms with Crippen LogP contribution in [0.4, 0.5) is 0 Å². The molecule has 0 amide bonds. The Balaban J connectivity index is 1.90. The van der Waals surface area contributed by atoms with Crippen LogP contribution in [-0.4, -0.2) is 55.6 Å². The second-order valence-electron chi connectivity index (χ2n) is 10.0. The van der Waals surface area contributed by atoms with Gasteiger partial charge in [0.2, 0.25) is 0 Å². The van der Waals surface area contributed by atoms with Gasteiger partial charge in [0, 0.05) is 16.4 Å². The van der Waals surface area contributed by atoms with Crippen LogP contribution in [-0.2, 0) is 9.59 Å². The number of fused-ring (bicyclic) bond motifs is 5. The molecule has 6 nitrogen and oxygen atoms in total. The Bertz CT molecular complexity index is 856. The number of carbonyl (C=O) groups excluding carboxylic acids is 2. The minimum Gasteiger partial charge on any atom is -0.391 e. The molecular formula is C22H30ClNO5. The van der Waals surface area contributed by atoms with Gasteiger partial charge >= 0.3 is 0 Å². The van der Waals surface area contributed by atoms with Crippen LogP contribution in [0.1, 0.15) is 46.5 Å². The summed E-state index contributed by atoms with van der Waals surface area (Å²) >= 11 is 7.32. The molecule has 5 N–H and O–H groups in total. The van der Waals surface area contributed by atoms with Crippen LogP contribution < -0.4 is 5.73 Å². The number of rotatable bonds is 2. The van der Waals surface area contributed by atoms with Gasteiger partial charge in [-0.15, -0.1) is 11.6 Å². The highest BCUT2D eigenvalue weighted by Gasteiger charge is 2.78. The molecule has 0 aromatic carbocycles. The first-order valence-electron chi connectivity index (χ1n) is 10.3. The van der Waals surface area contributed by atoms with Crippen molar-refractivity contribution in [2.24, 2.45) is 28.4 Å². The first-order chi connectivity index (χ1) is 13.3. The van der Waals surface area contributed by atoms with E-state index in [4.69, 9.17) is 17.3 Å². The standard InChI is InChI=1S/C22H30ClNO5/c1-12-8-15-19(3,21(12,29)17(28)11-25)10-16(27)22(23)18(2)6-5-14(26)9-13(18)4-7-20(15,22)24/h5-6,9,12,15-16,25,27,29H,4,7-8,10-11,24H2,1-3H3/t12-,15+,16-,18-,19-,20+,21-,22-/m0/s1. The summed E-state index contributed by atoms with van der Waals surface area (Å²) in [5.74, 6) is -1.51. The molecule has 0 saturated heterocycles. The van der Waals surface area contributed by atoms with Crippen molar-refractivity contribution < 1.29 is 24.9 Å². The van der Waals surface area contributed by atoms with E-state index in [1.165, 1.54) is 6.08 Å². The number of aliphatic hydroxyl groups excluding tert-OH is 2. The highest BCUT2D eigenvalue weighted by Crippen LogP contribution is 2.72. The van der Waals surface area contributed by atoms with Gasteiger partial charge in [0.15, 0.2) is 11.6 Å². The van der Waals surface area contributed by atoms with Crippen molar-refractivity contribution in [2.45, 2.75) is 68.6 Å². The summed E-state index contributed by atoms with van der Waals surface area (Å²) in [5.41, 5.74) is 3.24. The van der Waals surface area contributed by atoms with Crippen LogP contribution in [0.25, 0.3) is 0 Å². The summed E-state index contributed by atoms with van der Waals surface area (Å²) in [5, 5.41) is 32.5. The molecule has 160 valence electrons. The maximum atomic E-state index is 12.7. The van der Waals surface area contributed by atoms with Gasteiger partial charge in [-0.05, 0) is 49.7 Å². The SMILES string of the molecule is C[C@H]1C[C@@H]2[C@](C)(C[C@H](O)[C@]3(Cl)[C@@]4(C)C=CC(=O)C=C4CC[C@@]23N)[C@@]1(O)C(=O)CO. The van der Waals surface area contributed by atoms with Crippen molar-refractivity contribution in [1.29, 1.82) is 0 Å². The lowest BCUT2D eigenvalue weighted by Crippen LogP contribution is -2.80. The molecule has 0 aromatic heterocycles. The average Bonchev–Trinajstić information content (AvgIpc) is 2.87. The third-order valence-electron chi connectivity index (χ3n) is 9.02. The minimum absolute atomic E-state index is 0.0807. The van der Waals surface area contributed by atoms with Crippen LogP contribution in [0.5, 0.6) is 0 Å². The Morgan fingerprint density at radius 1 is 1.38 bits per heavy atom. The van der Waals surface area contributed by atoms with E-state index >= 15 is 0 Å². The average molecular weight is 424 g/mol. The quantitative estimate of drug-likeness (QED) is 0.496. The number of hydrogen-bond donors (Lipinski definition) is 4. The largest absolute Gasteiger partial charge is 0.391 e. The van der Waals surface area contributed by atoms with Crippen LogP contribution in [0.2, 0.25) is 0 Å². The monoisotopic (exact) mass is 423 g/mol. The molecule has 3 fully saturated rings. The van der Waals surface area contributed by atoms with E-state index < -0.39 is 51.3 Å². The Hall–Kier alpha value is -1.05. The lowest BCUT2D eigenvalue weighted by molar-refractivity contribution is -0.182. The Morgan fingerprint density at radius 2 is 2.03 bits per heavy atom. The van der Waals surface area contributed by atoms with E-state index in [-0.39, 0.29) is 18.1 Å². The number of halogens is 1. The topological polar surface area (TPSA) is 121 Å². The fourth-order valence-electron chi connectivity index (χ4n) is 7.45. The van der Waals surface area contributed by atoms with Gasteiger partial charge in [-0.2, -0.15) is 0 Å². The number of carbonyl (C=O) groups is 2. The number of aliphatic hydroxyl groups is 3. The van der Waals surface area contributed by atoms with E-state index in [9.17, 15) is 24.9 Å². The Kier molecular flexibility index (Phi) is 4.39. The zero-order valence-corrected chi connectivity index (χ0v) is 17.9. The number of alkyl halides is 1. The molecule has 0 bridgehead atoms. The zero-order chi connectivity index (χ0) is 21.6. The number of nitrogens with two attached hydrogens (primary N) is 1. The van der Waals surface area contributed by atoms with Gasteiger partial charge < -0.3 is 21.1 Å². The Labute approximate surface area is 175 Å². The Morgan fingerprint density at radius 3 is 2.66 bits per heavy atom. The first-order valence-corrected chi connectivity index (χ1v) is 10.7. The lowest BCUT2D eigenvalue weighted by atomic mass is 9.42. The minimum atomic E-state index is -1.78. The van der Waals surface area contributed by atoms with E-state index in [1.54, 1.807) is 26.0 Å². The third-order valence-corrected chi connectivity index (χ3v) is 10.0. The molecule has 0 unspecified atom stereocenters. The number of Topliss-reactive ketones (excluding diaryl/α,β-unsaturated/α-hetero) is 1. The molecule has 4 aliphatic carbocycles. The van der Waals surface area contributed by atoms with Gasteiger partial charge in [-0.25, -0.2) is 0 Å². The van der Waals surface area contributed by atoms with Gasteiger partial charge in [0.05, 0.1) is 6.10 Å². The second-order valence-corrected chi connectivity index (χ2v) is 10.6. The molecule has 0 radical (unpaired) electrons. The van der Waals surface area contributed by atoms with Gasteiger partial charge in [-0.3, -0.25) is 9.59 Å². The fourth-order valence-corrected chi connectivity index (χ4v) is 7.94. The van der Waals surface area contributed by atoms with Gasteiger partial charge in [0.25, 0.3) is 0 Å². The lowest BCUT2D eigenvalue weighted by Gasteiger charge is -2.68. The van der Waals surface area contributed by atoms with Crippen LogP contribution in [0.15, 0.2) is 23.8 Å². The number of ketones is 2. The highest BCUT2D eigenvalue weighted by molar-refractivity contribution is 6.27. The second kappa shape index (κ2) is 6.01. The van der Waals surface area contributed by atoms with Crippen molar-refractivity contribution in [3.8, 4) is 0 Å². The van der Waals surface area contributed by atoms with Crippen molar-refractivity contribution in [1.82, 2.24) is 0 Å². The number of hydrogen-bond acceptors (Lipinski definition) is 6. The summed E-state index contributed by atoms with van der Waals surface area (Å²) in [6.45, 7) is 4.72. The molecule has 4 rings (SSSR count). The molecule has 0 spiro atoms. The molecule has 29 heavy (non-hydrogen) atoms. The third kappa shape index (κ3) is 2.12. The summed E-state index contributed by atoms with van der Waals surface area (Å²) < 4.78 is 0. The summed E-state index contributed by atoms with van der Waals surface area (Å²) in [7, 11) is 0. The zero-order valence-electron chi connectivity index (χ0n) is 17.1. The summed E-state index contributed by atoms with van der Waals surface area (Å²) in [6.07, 6.45) is 5.24. The van der Waals surface area contributed by atoms with Crippen molar-refractivity contribution in [3.05, 3.63) is 23.8 Å². The first kappa shape index (κ1) is 21.2. The fraction of sp³-hybridized carbons (Fsp3) is 0.727. The van der Waals surface area contributed by atoms with E-state index in [2.05, 4.69) is 0 Å². The molecule has 7 heteroatoms. The van der Waals surface area contributed by atoms with E-state index in [1.807, 2.05) is 6.92 Å². The molecule has 0 aliphatic heterocycles. The van der Waals surface area contributed by atoms with Gasteiger partial charge in [0.1, 0.15) is 17.1 Å². The molecule has 4 aliphatic rings. The maximum absolute atomic E-state index is 12.7. The van der Waals surface area contributed by atoms with Gasteiger partial charge in [-0.1, -0.05) is 32.4 Å². The van der Waals surface area contributed by atoms with E-state index in [0.29, 0.717) is 19.3 Å². The number of allylic oxidation sites excluding steroid dienone is 4. The summed E-state index contributed by atoms with van der Waals surface area (Å²) in [4.78, 5) is 23.3. The molecule has 3 saturated carbocycles. The van der Waals surface area contributed by atoms with Crippen molar-refractivity contribution >= 4 is 23.2 Å². The van der Waals surface area contributed by atoms with Crippen LogP contribution in [0, 0.1) is 22.7 Å². The van der Waals surface area contributed by atoms with Crippen LogP contribution in [0.3, 0.4) is 0 Å². The molecule has 8 atom stereocenters. The predicted molar refractivity (Wildman–Crippen MR) is 108 cm³/mol. The molecule has 0 aromatic rings. The smallest absolute Gasteiger partial charge is 0.190 e. The maximum Gasteiger partial charge on any atom is 0.190 e. The normalized spacial score (nSPS) is 53.7. The predicted octanol–water partition coefficient (Wildman–Crippen LogP) is 1.25. The van der Waals surface area contributed by atoms with Crippen LogP contribution >= 0.6 is 11.6 Å². The van der Waals surface area contributed by atoms with Crippen molar-refractivity contribution in [2.75, 3.05) is 6.61 Å². The van der Waals surface area contributed by atoms with Crippen molar-refractivity contribution in [3.63, 3.8) is 0 Å². The van der Waals surface area contributed by atoms with E-state index in [0.717, 1.165) is 5.57 Å². The highest BCUT2D eigenvalue weighted by atomic mass is 35.5.